The number of hydrogen-bond acceptors (Lipinski definition) is 7. The maximum atomic E-state index is 10.2. The Hall–Kier alpha value is -3.30. The van der Waals surface area contributed by atoms with E-state index in [0.29, 0.717) is 35.6 Å². The summed E-state index contributed by atoms with van der Waals surface area (Å²) in [7, 11) is 1.60. The number of benzene rings is 3. The lowest BCUT2D eigenvalue weighted by atomic mass is 10.2. The van der Waals surface area contributed by atoms with Gasteiger partial charge in [0.25, 0.3) is 0 Å². The van der Waals surface area contributed by atoms with E-state index in [2.05, 4.69) is 15.4 Å². The lowest BCUT2D eigenvalue weighted by molar-refractivity contribution is 0.117. The van der Waals surface area contributed by atoms with Gasteiger partial charge in [0, 0.05) is 24.9 Å². The molecule has 1 aromatic heterocycles. The first-order valence-corrected chi connectivity index (χ1v) is 12.0. The first-order valence-electron chi connectivity index (χ1n) is 11.3. The van der Waals surface area contributed by atoms with E-state index >= 15 is 0 Å². The summed E-state index contributed by atoms with van der Waals surface area (Å²) in [6.07, 6.45) is -0.673. The molecule has 1 atom stereocenters. The minimum Gasteiger partial charge on any atom is -0.491 e. The van der Waals surface area contributed by atoms with Crippen LogP contribution < -0.4 is 14.8 Å². The second-order valence-corrected chi connectivity index (χ2v) is 8.62. The minimum atomic E-state index is -0.673. The van der Waals surface area contributed by atoms with Crippen molar-refractivity contribution in [1.82, 2.24) is 14.8 Å². The van der Waals surface area contributed by atoms with Crippen molar-refractivity contribution in [3.63, 3.8) is 0 Å². The Kier molecular flexibility index (Phi) is 9.02. The molecule has 4 rings (SSSR count). The molecule has 8 nitrogen and oxygen atoms in total. The molecular weight excluding hydrogens is 503 g/mol. The van der Waals surface area contributed by atoms with E-state index in [0.717, 1.165) is 22.7 Å². The molecule has 188 valence electrons. The van der Waals surface area contributed by atoms with E-state index in [1.807, 2.05) is 60.7 Å². The SMILES string of the molecule is COCCOc1nc(-c2ccc(Cl)c(Cl)c2)n(-c2ccc(NCC(O)COc3ccccc3)cc2)n1. The number of aliphatic hydroxyl groups is 1. The van der Waals surface area contributed by atoms with Crippen LogP contribution in [0.4, 0.5) is 5.69 Å². The molecule has 0 aliphatic rings. The molecule has 0 fully saturated rings. The molecule has 0 aliphatic carbocycles. The average Bonchev–Trinajstić information content (AvgIpc) is 3.33. The van der Waals surface area contributed by atoms with Crippen molar-refractivity contribution in [2.45, 2.75) is 6.10 Å². The summed E-state index contributed by atoms with van der Waals surface area (Å²) < 4.78 is 17.9. The van der Waals surface area contributed by atoms with Crippen molar-refractivity contribution in [2.75, 3.05) is 38.8 Å². The lowest BCUT2D eigenvalue weighted by Gasteiger charge is -2.14. The molecule has 0 saturated carbocycles. The van der Waals surface area contributed by atoms with Crippen molar-refractivity contribution >= 4 is 28.9 Å². The number of nitrogens with one attached hydrogen (secondary N) is 1. The highest BCUT2D eigenvalue weighted by Gasteiger charge is 2.16. The summed E-state index contributed by atoms with van der Waals surface area (Å²) >= 11 is 12.3. The van der Waals surface area contributed by atoms with E-state index in [-0.39, 0.29) is 12.6 Å². The Bertz CT molecular complexity index is 1250. The third kappa shape index (κ3) is 6.89. The number of para-hydroxylation sites is 1. The number of ether oxygens (including phenoxy) is 3. The number of hydrogen-bond donors (Lipinski definition) is 2. The van der Waals surface area contributed by atoms with E-state index in [4.69, 9.17) is 37.4 Å². The molecule has 0 radical (unpaired) electrons. The van der Waals surface area contributed by atoms with Gasteiger partial charge in [-0.25, -0.2) is 4.68 Å². The zero-order chi connectivity index (χ0) is 25.3. The van der Waals surface area contributed by atoms with Gasteiger partial charge in [-0.05, 0) is 54.6 Å². The van der Waals surface area contributed by atoms with Crippen LogP contribution in [0, 0.1) is 0 Å². The molecule has 1 unspecified atom stereocenters. The molecule has 0 saturated heterocycles. The largest absolute Gasteiger partial charge is 0.491 e. The standard InChI is InChI=1S/C26H26Cl2N4O4/c1-34-13-14-35-26-30-25(18-7-12-23(27)24(28)15-18)32(31-26)20-10-8-19(9-11-20)29-16-21(33)17-36-22-5-3-2-4-6-22/h2-12,15,21,29,33H,13-14,16-17H2,1H3. The molecule has 0 amide bonds. The zero-order valence-electron chi connectivity index (χ0n) is 19.6. The van der Waals surface area contributed by atoms with Crippen LogP contribution in [-0.2, 0) is 4.74 Å². The van der Waals surface area contributed by atoms with Crippen LogP contribution >= 0.6 is 23.2 Å². The summed E-state index contributed by atoms with van der Waals surface area (Å²) in [5.74, 6) is 1.27. The number of aliphatic hydroxyl groups excluding tert-OH is 1. The Morgan fingerprint density at radius 2 is 1.72 bits per heavy atom. The van der Waals surface area contributed by atoms with Crippen LogP contribution in [0.5, 0.6) is 11.8 Å². The van der Waals surface area contributed by atoms with Gasteiger partial charge in [-0.2, -0.15) is 4.98 Å². The van der Waals surface area contributed by atoms with Gasteiger partial charge in [0.05, 0.1) is 22.3 Å². The third-order valence-corrected chi connectivity index (χ3v) is 5.86. The van der Waals surface area contributed by atoms with Gasteiger partial charge in [-0.15, -0.1) is 5.10 Å². The van der Waals surface area contributed by atoms with Crippen molar-refractivity contribution in [3.8, 4) is 28.8 Å². The second kappa shape index (κ2) is 12.6. The topological polar surface area (TPSA) is 90.7 Å². The average molecular weight is 529 g/mol. The van der Waals surface area contributed by atoms with Gasteiger partial charge < -0.3 is 24.6 Å². The molecule has 0 spiro atoms. The Labute approximate surface area is 219 Å². The van der Waals surface area contributed by atoms with Gasteiger partial charge in [0.15, 0.2) is 5.82 Å². The quantitative estimate of drug-likeness (QED) is 0.246. The normalized spacial score (nSPS) is 11.8. The van der Waals surface area contributed by atoms with Crippen molar-refractivity contribution < 1.29 is 19.3 Å². The maximum Gasteiger partial charge on any atom is 0.336 e. The van der Waals surface area contributed by atoms with Gasteiger partial charge in [-0.1, -0.05) is 41.4 Å². The molecule has 0 aliphatic heterocycles. The second-order valence-electron chi connectivity index (χ2n) is 7.81. The fourth-order valence-electron chi connectivity index (χ4n) is 3.30. The summed E-state index contributed by atoms with van der Waals surface area (Å²) in [5.41, 5.74) is 2.34. The lowest BCUT2D eigenvalue weighted by Crippen LogP contribution is -2.26. The van der Waals surface area contributed by atoms with E-state index in [1.165, 1.54) is 0 Å². The van der Waals surface area contributed by atoms with E-state index < -0.39 is 6.10 Å². The van der Waals surface area contributed by atoms with Crippen LogP contribution in [0.1, 0.15) is 0 Å². The highest BCUT2D eigenvalue weighted by Crippen LogP contribution is 2.30. The fraction of sp³-hybridized carbons (Fsp3) is 0.231. The summed E-state index contributed by atoms with van der Waals surface area (Å²) in [6.45, 7) is 1.26. The first-order chi connectivity index (χ1) is 17.5. The Balaban J connectivity index is 1.45. The van der Waals surface area contributed by atoms with Crippen molar-refractivity contribution in [3.05, 3.63) is 82.8 Å². The number of rotatable bonds is 12. The predicted octanol–water partition coefficient (Wildman–Crippen LogP) is 5.12. The Morgan fingerprint density at radius 3 is 2.44 bits per heavy atom. The number of halogens is 2. The maximum absolute atomic E-state index is 10.2. The van der Waals surface area contributed by atoms with Crippen molar-refractivity contribution in [2.24, 2.45) is 0 Å². The first kappa shape index (κ1) is 25.8. The third-order valence-electron chi connectivity index (χ3n) is 5.12. The number of methoxy groups -OCH3 is 1. The molecule has 0 bridgehead atoms. The predicted molar refractivity (Wildman–Crippen MR) is 141 cm³/mol. The van der Waals surface area contributed by atoms with Crippen molar-refractivity contribution in [1.29, 1.82) is 0 Å². The Morgan fingerprint density at radius 1 is 0.944 bits per heavy atom. The molecule has 2 N–H and O–H groups in total. The fourth-order valence-corrected chi connectivity index (χ4v) is 3.60. The molecule has 4 aromatic rings. The molecule has 36 heavy (non-hydrogen) atoms. The van der Waals surface area contributed by atoms with E-state index in [9.17, 15) is 5.11 Å². The van der Waals surface area contributed by atoms with Gasteiger partial charge in [0.2, 0.25) is 0 Å². The number of anilines is 1. The van der Waals surface area contributed by atoms with Crippen LogP contribution in [0.2, 0.25) is 10.0 Å². The summed E-state index contributed by atoms with van der Waals surface area (Å²) in [5, 5.41) is 18.8. The van der Waals surface area contributed by atoms with Gasteiger partial charge in [0.1, 0.15) is 25.1 Å². The van der Waals surface area contributed by atoms with Gasteiger partial charge >= 0.3 is 6.01 Å². The molecule has 10 heteroatoms. The number of aromatic nitrogens is 3. The van der Waals surface area contributed by atoms with Crippen LogP contribution in [0.25, 0.3) is 17.1 Å². The van der Waals surface area contributed by atoms with Crippen LogP contribution in [0.15, 0.2) is 72.8 Å². The molecule has 1 heterocycles. The zero-order valence-corrected chi connectivity index (χ0v) is 21.1. The van der Waals surface area contributed by atoms with Gasteiger partial charge in [-0.3, -0.25) is 0 Å². The van der Waals surface area contributed by atoms with E-state index in [1.54, 1.807) is 23.9 Å². The van der Waals surface area contributed by atoms with Crippen LogP contribution in [0.3, 0.4) is 0 Å². The highest BCUT2D eigenvalue weighted by atomic mass is 35.5. The highest BCUT2D eigenvalue weighted by molar-refractivity contribution is 6.42. The smallest absolute Gasteiger partial charge is 0.336 e. The molecule has 3 aromatic carbocycles. The number of nitrogens with zero attached hydrogens (tertiary/aromatic N) is 3. The minimum absolute atomic E-state index is 0.187. The summed E-state index contributed by atoms with van der Waals surface area (Å²) in [6, 6.07) is 22.5. The summed E-state index contributed by atoms with van der Waals surface area (Å²) in [4.78, 5) is 4.54. The van der Waals surface area contributed by atoms with Crippen LogP contribution in [-0.4, -0.2) is 59.5 Å². The monoisotopic (exact) mass is 528 g/mol. The molecular formula is C26H26Cl2N4O4.